The quantitative estimate of drug-likeness (QED) is 0.415. The first kappa shape index (κ1) is 20.5. The Kier molecular flexibility index (Phi) is 6.29. The Labute approximate surface area is 170 Å². The molecule has 2 aromatic rings. The van der Waals surface area contributed by atoms with E-state index in [4.69, 9.17) is 4.74 Å². The van der Waals surface area contributed by atoms with Crippen molar-refractivity contribution in [1.82, 2.24) is 9.88 Å². The average Bonchev–Trinajstić information content (AvgIpc) is 2.98. The van der Waals surface area contributed by atoms with Gasteiger partial charge in [0.2, 0.25) is 0 Å². The summed E-state index contributed by atoms with van der Waals surface area (Å²) in [4.78, 5) is 32.6. The number of methoxy groups -OCH3 is 1. The summed E-state index contributed by atoms with van der Waals surface area (Å²) >= 11 is 0. The Morgan fingerprint density at radius 1 is 1.21 bits per heavy atom. The Morgan fingerprint density at radius 2 is 1.93 bits per heavy atom. The third kappa shape index (κ3) is 4.30. The van der Waals surface area contributed by atoms with Gasteiger partial charge in [-0.2, -0.15) is 0 Å². The van der Waals surface area contributed by atoms with Gasteiger partial charge in [-0.05, 0) is 29.8 Å². The average molecular weight is 396 g/mol. The highest BCUT2D eigenvalue weighted by Gasteiger charge is 2.45. The summed E-state index contributed by atoms with van der Waals surface area (Å²) < 4.78 is 5.22. The van der Waals surface area contributed by atoms with E-state index in [9.17, 15) is 14.7 Å². The van der Waals surface area contributed by atoms with Gasteiger partial charge < -0.3 is 19.6 Å². The van der Waals surface area contributed by atoms with Gasteiger partial charge in [-0.25, -0.2) is 0 Å². The second-order valence-corrected chi connectivity index (χ2v) is 7.32. The molecule has 0 spiro atoms. The summed E-state index contributed by atoms with van der Waals surface area (Å²) in [5.74, 6) is -0.920. The highest BCUT2D eigenvalue weighted by Crippen LogP contribution is 2.39. The standard InChI is InChI=1S/C22H25N3O4/c1-24(2)12-5-13-25-19(15-8-10-23-11-9-15)18(21(27)22(25)28)20(26)16-6-4-7-17(14-16)29-3/h4,6-11,14,19,26H,5,12-13H2,1-3H3/p+1. The fourth-order valence-electron chi connectivity index (χ4n) is 3.53. The molecule has 29 heavy (non-hydrogen) atoms. The van der Waals surface area contributed by atoms with Crippen molar-refractivity contribution in [1.29, 1.82) is 0 Å². The molecule has 1 aliphatic heterocycles. The molecule has 2 N–H and O–H groups in total. The number of carbonyl (C=O) groups excluding carboxylic acids is 2. The maximum atomic E-state index is 12.9. The van der Waals surface area contributed by atoms with Crippen molar-refractivity contribution < 1.29 is 24.3 Å². The number of aromatic nitrogens is 1. The number of ketones is 1. The highest BCUT2D eigenvalue weighted by atomic mass is 16.5. The molecule has 0 radical (unpaired) electrons. The van der Waals surface area contributed by atoms with Crippen LogP contribution in [0.1, 0.15) is 23.6 Å². The molecular weight excluding hydrogens is 370 g/mol. The number of Topliss-reactive ketones (excluding diaryl/α,β-unsaturated/α-hetero) is 1. The SMILES string of the molecule is COc1cccc(C(O)=C2C(=O)C(=O)N(CCC[NH+](C)C)C2c2ccncc2)c1. The minimum Gasteiger partial charge on any atom is -0.507 e. The van der Waals surface area contributed by atoms with Crippen LogP contribution in [0, 0.1) is 0 Å². The largest absolute Gasteiger partial charge is 0.507 e. The molecule has 1 unspecified atom stereocenters. The lowest BCUT2D eigenvalue weighted by Crippen LogP contribution is -3.05. The van der Waals surface area contributed by atoms with Crippen molar-refractivity contribution in [2.75, 3.05) is 34.3 Å². The van der Waals surface area contributed by atoms with E-state index in [0.29, 0.717) is 17.9 Å². The zero-order chi connectivity index (χ0) is 21.0. The molecule has 7 nitrogen and oxygen atoms in total. The van der Waals surface area contributed by atoms with E-state index in [2.05, 4.69) is 4.98 Å². The summed E-state index contributed by atoms with van der Waals surface area (Å²) in [6.45, 7) is 1.29. The van der Waals surface area contributed by atoms with E-state index in [1.165, 1.54) is 12.0 Å². The number of likely N-dealkylation sites (tertiary alicyclic amines) is 1. The molecule has 0 bridgehead atoms. The van der Waals surface area contributed by atoms with Gasteiger partial charge in [-0.1, -0.05) is 12.1 Å². The van der Waals surface area contributed by atoms with Crippen LogP contribution < -0.4 is 9.64 Å². The van der Waals surface area contributed by atoms with E-state index >= 15 is 0 Å². The number of rotatable bonds is 7. The normalized spacial score (nSPS) is 18.5. The molecule has 1 saturated heterocycles. The number of benzene rings is 1. The van der Waals surface area contributed by atoms with Gasteiger partial charge in [0.25, 0.3) is 11.7 Å². The number of hydrogen-bond donors (Lipinski definition) is 2. The third-order valence-corrected chi connectivity index (χ3v) is 4.98. The van der Waals surface area contributed by atoms with Crippen molar-refractivity contribution in [2.45, 2.75) is 12.5 Å². The lowest BCUT2D eigenvalue weighted by Gasteiger charge is -2.25. The van der Waals surface area contributed by atoms with Crippen LogP contribution in [-0.2, 0) is 9.59 Å². The Bertz CT molecular complexity index is 925. The van der Waals surface area contributed by atoms with Crippen LogP contribution >= 0.6 is 0 Å². The summed E-state index contributed by atoms with van der Waals surface area (Å²) in [5.41, 5.74) is 1.26. The number of ether oxygens (including phenoxy) is 1. The maximum absolute atomic E-state index is 12.9. The molecular formula is C22H26N3O4+. The van der Waals surface area contributed by atoms with Gasteiger partial charge in [-0.15, -0.1) is 0 Å². The smallest absolute Gasteiger partial charge is 0.295 e. The van der Waals surface area contributed by atoms with Crippen LogP contribution in [0.25, 0.3) is 5.76 Å². The van der Waals surface area contributed by atoms with E-state index < -0.39 is 17.7 Å². The highest BCUT2D eigenvalue weighted by molar-refractivity contribution is 6.46. The maximum Gasteiger partial charge on any atom is 0.295 e. The molecule has 3 rings (SSSR count). The third-order valence-electron chi connectivity index (χ3n) is 4.98. The monoisotopic (exact) mass is 396 g/mol. The fraction of sp³-hybridized carbons (Fsp3) is 0.318. The number of pyridine rings is 1. The van der Waals surface area contributed by atoms with Gasteiger partial charge in [-0.3, -0.25) is 14.6 Å². The van der Waals surface area contributed by atoms with Crippen LogP contribution in [-0.4, -0.2) is 61.0 Å². The molecule has 2 heterocycles. The van der Waals surface area contributed by atoms with Crippen LogP contribution in [0.5, 0.6) is 5.75 Å². The molecule has 1 amide bonds. The first-order valence-corrected chi connectivity index (χ1v) is 9.55. The minimum absolute atomic E-state index is 0.0895. The summed E-state index contributed by atoms with van der Waals surface area (Å²) in [6.07, 6.45) is 3.98. The summed E-state index contributed by atoms with van der Waals surface area (Å²) in [6, 6.07) is 9.68. The number of hydrogen-bond acceptors (Lipinski definition) is 5. The van der Waals surface area contributed by atoms with Crippen LogP contribution in [0.3, 0.4) is 0 Å². The predicted molar refractivity (Wildman–Crippen MR) is 109 cm³/mol. The molecule has 1 aromatic heterocycles. The van der Waals surface area contributed by atoms with Crippen molar-refractivity contribution >= 4 is 17.4 Å². The van der Waals surface area contributed by atoms with Gasteiger partial charge in [0.05, 0.1) is 39.4 Å². The molecule has 1 atom stereocenters. The molecule has 7 heteroatoms. The van der Waals surface area contributed by atoms with Crippen molar-refractivity contribution in [3.8, 4) is 5.75 Å². The lowest BCUT2D eigenvalue weighted by atomic mass is 9.96. The molecule has 1 aromatic carbocycles. The van der Waals surface area contributed by atoms with Crippen LogP contribution in [0.2, 0.25) is 0 Å². The Hall–Kier alpha value is -3.19. The lowest BCUT2D eigenvalue weighted by molar-refractivity contribution is -0.858. The van der Waals surface area contributed by atoms with E-state index in [1.807, 2.05) is 14.1 Å². The van der Waals surface area contributed by atoms with E-state index in [1.54, 1.807) is 53.7 Å². The number of quaternary nitrogens is 1. The fourth-order valence-corrected chi connectivity index (χ4v) is 3.53. The number of nitrogens with one attached hydrogen (secondary N) is 1. The van der Waals surface area contributed by atoms with Gasteiger partial charge >= 0.3 is 0 Å². The first-order valence-electron chi connectivity index (χ1n) is 9.55. The summed E-state index contributed by atoms with van der Waals surface area (Å²) in [5, 5.41) is 11.0. The zero-order valence-electron chi connectivity index (χ0n) is 16.9. The zero-order valence-corrected chi connectivity index (χ0v) is 16.9. The van der Waals surface area contributed by atoms with E-state index in [-0.39, 0.29) is 11.3 Å². The van der Waals surface area contributed by atoms with Gasteiger partial charge in [0, 0.05) is 30.9 Å². The Morgan fingerprint density at radius 3 is 2.59 bits per heavy atom. The minimum atomic E-state index is -0.677. The molecule has 1 fully saturated rings. The second kappa shape index (κ2) is 8.87. The van der Waals surface area contributed by atoms with Crippen molar-refractivity contribution in [2.24, 2.45) is 0 Å². The molecule has 0 aliphatic carbocycles. The first-order chi connectivity index (χ1) is 13.9. The van der Waals surface area contributed by atoms with Gasteiger partial charge in [0.15, 0.2) is 0 Å². The topological polar surface area (TPSA) is 84.2 Å². The van der Waals surface area contributed by atoms with Gasteiger partial charge in [0.1, 0.15) is 11.5 Å². The van der Waals surface area contributed by atoms with Crippen LogP contribution in [0.4, 0.5) is 0 Å². The van der Waals surface area contributed by atoms with E-state index in [0.717, 1.165) is 18.5 Å². The van der Waals surface area contributed by atoms with Crippen molar-refractivity contribution in [3.63, 3.8) is 0 Å². The molecule has 0 saturated carbocycles. The summed E-state index contributed by atoms with van der Waals surface area (Å²) in [7, 11) is 5.61. The molecule has 1 aliphatic rings. The van der Waals surface area contributed by atoms with Crippen molar-refractivity contribution in [3.05, 3.63) is 65.5 Å². The Balaban J connectivity index is 2.07. The number of carbonyl (C=O) groups is 2. The number of aliphatic hydroxyl groups excluding tert-OH is 1. The predicted octanol–water partition coefficient (Wildman–Crippen LogP) is 1.05. The van der Waals surface area contributed by atoms with Crippen LogP contribution in [0.15, 0.2) is 54.4 Å². The molecule has 152 valence electrons. The number of nitrogens with zero attached hydrogens (tertiary/aromatic N) is 2. The number of aliphatic hydroxyl groups is 1. The number of amides is 1. The second-order valence-electron chi connectivity index (χ2n) is 7.32.